The van der Waals surface area contributed by atoms with E-state index in [-0.39, 0.29) is 5.60 Å². The highest BCUT2D eigenvalue weighted by Gasteiger charge is 2.20. The molecule has 0 saturated heterocycles. The molecule has 68 valence electrons. The third-order valence-electron chi connectivity index (χ3n) is 2.18. The molecular formula is C10H22O. The largest absolute Gasteiger partial charge is 0.375 e. The van der Waals surface area contributed by atoms with Crippen LogP contribution in [-0.2, 0) is 4.74 Å². The standard InChI is InChI=1S/C10H22O/c1-5-8-10(4,7-3)11-9-6-2/h5-9H2,1-4H3. The molecule has 0 heterocycles. The average Bonchev–Trinajstić information content (AvgIpc) is 2.02. The summed E-state index contributed by atoms with van der Waals surface area (Å²) >= 11 is 0. The van der Waals surface area contributed by atoms with Gasteiger partial charge in [-0.3, -0.25) is 0 Å². The summed E-state index contributed by atoms with van der Waals surface area (Å²) in [7, 11) is 0. The molecule has 0 rings (SSSR count). The maximum Gasteiger partial charge on any atom is 0.0651 e. The summed E-state index contributed by atoms with van der Waals surface area (Å²) in [5.41, 5.74) is 0.144. The Morgan fingerprint density at radius 2 is 1.73 bits per heavy atom. The quantitative estimate of drug-likeness (QED) is 0.576. The van der Waals surface area contributed by atoms with E-state index in [1.54, 1.807) is 0 Å². The van der Waals surface area contributed by atoms with Crippen molar-refractivity contribution < 1.29 is 4.74 Å². The minimum absolute atomic E-state index is 0.144. The van der Waals surface area contributed by atoms with Gasteiger partial charge >= 0.3 is 0 Å². The van der Waals surface area contributed by atoms with E-state index in [0.29, 0.717) is 0 Å². The highest BCUT2D eigenvalue weighted by atomic mass is 16.5. The predicted molar refractivity (Wildman–Crippen MR) is 49.8 cm³/mol. The third-order valence-corrected chi connectivity index (χ3v) is 2.18. The smallest absolute Gasteiger partial charge is 0.0651 e. The average molecular weight is 158 g/mol. The summed E-state index contributed by atoms with van der Waals surface area (Å²) in [6.45, 7) is 9.69. The van der Waals surface area contributed by atoms with Crippen molar-refractivity contribution in [3.05, 3.63) is 0 Å². The molecule has 0 bridgehead atoms. The molecular weight excluding hydrogens is 136 g/mol. The van der Waals surface area contributed by atoms with Gasteiger partial charge in [0.15, 0.2) is 0 Å². The molecule has 0 fully saturated rings. The van der Waals surface area contributed by atoms with Gasteiger partial charge in [0.05, 0.1) is 5.60 Å². The van der Waals surface area contributed by atoms with Crippen molar-refractivity contribution >= 4 is 0 Å². The lowest BCUT2D eigenvalue weighted by Gasteiger charge is -2.28. The first-order valence-corrected chi connectivity index (χ1v) is 4.82. The van der Waals surface area contributed by atoms with Crippen LogP contribution in [0.25, 0.3) is 0 Å². The molecule has 0 amide bonds. The van der Waals surface area contributed by atoms with Crippen molar-refractivity contribution in [3.8, 4) is 0 Å². The van der Waals surface area contributed by atoms with Crippen molar-refractivity contribution in [1.82, 2.24) is 0 Å². The summed E-state index contributed by atoms with van der Waals surface area (Å²) in [5, 5.41) is 0. The lowest BCUT2D eigenvalue weighted by atomic mass is 9.97. The number of hydrogen-bond acceptors (Lipinski definition) is 1. The fraction of sp³-hybridized carbons (Fsp3) is 1.00. The molecule has 0 aromatic carbocycles. The van der Waals surface area contributed by atoms with Crippen LogP contribution in [0.1, 0.15) is 53.4 Å². The van der Waals surface area contributed by atoms with Crippen LogP contribution in [-0.4, -0.2) is 12.2 Å². The van der Waals surface area contributed by atoms with Gasteiger partial charge in [-0.1, -0.05) is 27.2 Å². The van der Waals surface area contributed by atoms with E-state index in [0.717, 1.165) is 19.4 Å². The first-order valence-electron chi connectivity index (χ1n) is 4.82. The molecule has 0 radical (unpaired) electrons. The normalized spacial score (nSPS) is 16.4. The summed E-state index contributed by atoms with van der Waals surface area (Å²) in [6, 6.07) is 0. The van der Waals surface area contributed by atoms with Crippen LogP contribution in [0.15, 0.2) is 0 Å². The van der Waals surface area contributed by atoms with Crippen LogP contribution in [0.5, 0.6) is 0 Å². The van der Waals surface area contributed by atoms with E-state index in [1.807, 2.05) is 0 Å². The van der Waals surface area contributed by atoms with Gasteiger partial charge in [0.25, 0.3) is 0 Å². The van der Waals surface area contributed by atoms with Crippen molar-refractivity contribution in [2.75, 3.05) is 6.61 Å². The molecule has 1 nitrogen and oxygen atoms in total. The molecule has 11 heavy (non-hydrogen) atoms. The minimum atomic E-state index is 0.144. The predicted octanol–water partition coefficient (Wildman–Crippen LogP) is 3.38. The Kier molecular flexibility index (Phi) is 5.57. The highest BCUT2D eigenvalue weighted by molar-refractivity contribution is 4.71. The van der Waals surface area contributed by atoms with Crippen LogP contribution in [0.2, 0.25) is 0 Å². The lowest BCUT2D eigenvalue weighted by Crippen LogP contribution is -2.27. The van der Waals surface area contributed by atoms with Gasteiger partial charge < -0.3 is 4.74 Å². The molecule has 0 aliphatic carbocycles. The number of rotatable bonds is 6. The van der Waals surface area contributed by atoms with E-state index in [4.69, 9.17) is 4.74 Å². The van der Waals surface area contributed by atoms with E-state index >= 15 is 0 Å². The van der Waals surface area contributed by atoms with Gasteiger partial charge in [0.1, 0.15) is 0 Å². The molecule has 0 aromatic heterocycles. The first kappa shape index (κ1) is 11.0. The molecule has 1 atom stereocenters. The molecule has 0 spiro atoms. The van der Waals surface area contributed by atoms with Gasteiger partial charge in [-0.25, -0.2) is 0 Å². The molecule has 0 aliphatic heterocycles. The van der Waals surface area contributed by atoms with E-state index < -0.39 is 0 Å². The van der Waals surface area contributed by atoms with E-state index in [9.17, 15) is 0 Å². The van der Waals surface area contributed by atoms with Crippen molar-refractivity contribution in [3.63, 3.8) is 0 Å². The SMILES string of the molecule is CCCOC(C)(CC)CCC. The molecule has 0 N–H and O–H groups in total. The topological polar surface area (TPSA) is 9.23 Å². The van der Waals surface area contributed by atoms with Crippen LogP contribution >= 0.6 is 0 Å². The van der Waals surface area contributed by atoms with Crippen molar-refractivity contribution in [2.24, 2.45) is 0 Å². The number of hydrogen-bond donors (Lipinski definition) is 0. The summed E-state index contributed by atoms with van der Waals surface area (Å²) in [6.07, 6.45) is 4.65. The fourth-order valence-electron chi connectivity index (χ4n) is 1.23. The van der Waals surface area contributed by atoms with Gasteiger partial charge in [0.2, 0.25) is 0 Å². The Hall–Kier alpha value is -0.0400. The first-order chi connectivity index (χ1) is 5.18. The number of ether oxygens (including phenoxy) is 1. The second-order valence-corrected chi connectivity index (χ2v) is 3.40. The summed E-state index contributed by atoms with van der Waals surface area (Å²) < 4.78 is 5.77. The summed E-state index contributed by atoms with van der Waals surface area (Å²) in [4.78, 5) is 0. The lowest BCUT2D eigenvalue weighted by molar-refractivity contribution is -0.0404. The zero-order chi connectivity index (χ0) is 8.74. The monoisotopic (exact) mass is 158 g/mol. The van der Waals surface area contributed by atoms with Crippen LogP contribution in [0.3, 0.4) is 0 Å². The van der Waals surface area contributed by atoms with Crippen molar-refractivity contribution in [2.45, 2.75) is 59.0 Å². The molecule has 1 unspecified atom stereocenters. The Labute approximate surface area is 71.1 Å². The highest BCUT2D eigenvalue weighted by Crippen LogP contribution is 2.21. The summed E-state index contributed by atoms with van der Waals surface area (Å²) in [5.74, 6) is 0. The maximum atomic E-state index is 5.77. The zero-order valence-corrected chi connectivity index (χ0v) is 8.44. The van der Waals surface area contributed by atoms with Crippen LogP contribution in [0.4, 0.5) is 0 Å². The second-order valence-electron chi connectivity index (χ2n) is 3.40. The zero-order valence-electron chi connectivity index (χ0n) is 8.44. The van der Waals surface area contributed by atoms with Crippen LogP contribution < -0.4 is 0 Å². The van der Waals surface area contributed by atoms with Crippen molar-refractivity contribution in [1.29, 1.82) is 0 Å². The third kappa shape index (κ3) is 4.41. The van der Waals surface area contributed by atoms with Gasteiger partial charge in [0, 0.05) is 6.61 Å². The second kappa shape index (κ2) is 5.59. The van der Waals surface area contributed by atoms with E-state index in [2.05, 4.69) is 27.7 Å². The Morgan fingerprint density at radius 1 is 1.09 bits per heavy atom. The Balaban J connectivity index is 3.68. The van der Waals surface area contributed by atoms with Gasteiger partial charge in [-0.2, -0.15) is 0 Å². The Bertz CT molecular complexity index is 90.9. The molecule has 1 heteroatoms. The Morgan fingerprint density at radius 3 is 2.09 bits per heavy atom. The van der Waals surface area contributed by atoms with Gasteiger partial charge in [-0.05, 0) is 26.2 Å². The van der Waals surface area contributed by atoms with E-state index in [1.165, 1.54) is 12.8 Å². The fourth-order valence-corrected chi connectivity index (χ4v) is 1.23. The molecule has 0 saturated carbocycles. The maximum absolute atomic E-state index is 5.77. The minimum Gasteiger partial charge on any atom is -0.375 e. The molecule has 0 aliphatic rings. The van der Waals surface area contributed by atoms with Crippen LogP contribution in [0, 0.1) is 0 Å². The van der Waals surface area contributed by atoms with Gasteiger partial charge in [-0.15, -0.1) is 0 Å². The molecule has 0 aromatic rings.